The zero-order chi connectivity index (χ0) is 10.8. The summed E-state index contributed by atoms with van der Waals surface area (Å²) in [6.07, 6.45) is 1.55. The van der Waals surface area contributed by atoms with Crippen molar-refractivity contribution in [1.29, 1.82) is 0 Å². The van der Waals surface area contributed by atoms with Crippen LogP contribution in [0.5, 0.6) is 0 Å². The Morgan fingerprint density at radius 2 is 2.20 bits per heavy atom. The van der Waals surface area contributed by atoms with Crippen molar-refractivity contribution >= 4 is 17.5 Å². The van der Waals surface area contributed by atoms with Gasteiger partial charge in [-0.3, -0.25) is 0 Å². The molecule has 0 aliphatic heterocycles. The quantitative estimate of drug-likeness (QED) is 0.851. The van der Waals surface area contributed by atoms with Crippen molar-refractivity contribution in [1.82, 2.24) is 4.37 Å². The van der Waals surface area contributed by atoms with Crippen LogP contribution in [0.1, 0.15) is 10.4 Å². The number of benzene rings is 1. The van der Waals surface area contributed by atoms with Gasteiger partial charge in [-0.15, -0.1) is 0 Å². The fourth-order valence-electron chi connectivity index (χ4n) is 1.20. The van der Waals surface area contributed by atoms with Gasteiger partial charge in [0.15, 0.2) is 0 Å². The minimum absolute atomic E-state index is 0.0693. The summed E-state index contributed by atoms with van der Waals surface area (Å²) in [6.45, 7) is 0. The van der Waals surface area contributed by atoms with Gasteiger partial charge < -0.3 is 5.11 Å². The molecule has 1 heterocycles. The Hall–Kier alpha value is -1.75. The average molecular weight is 223 g/mol. The van der Waals surface area contributed by atoms with E-state index >= 15 is 0 Å². The minimum atomic E-state index is -1.07. The second kappa shape index (κ2) is 3.78. The van der Waals surface area contributed by atoms with Crippen LogP contribution >= 0.6 is 11.5 Å². The van der Waals surface area contributed by atoms with Crippen molar-refractivity contribution in [3.8, 4) is 10.4 Å². The van der Waals surface area contributed by atoms with Gasteiger partial charge in [0, 0.05) is 11.8 Å². The number of hydrogen-bond acceptors (Lipinski definition) is 3. The van der Waals surface area contributed by atoms with Crippen LogP contribution in [0.25, 0.3) is 10.4 Å². The molecular weight excluding hydrogens is 217 g/mol. The molecule has 0 aliphatic rings. The zero-order valence-corrected chi connectivity index (χ0v) is 8.29. The zero-order valence-electron chi connectivity index (χ0n) is 7.48. The van der Waals surface area contributed by atoms with E-state index in [2.05, 4.69) is 4.37 Å². The highest BCUT2D eigenvalue weighted by atomic mass is 32.1. The predicted molar refractivity (Wildman–Crippen MR) is 54.5 cm³/mol. The van der Waals surface area contributed by atoms with Crippen molar-refractivity contribution < 1.29 is 14.3 Å². The van der Waals surface area contributed by atoms with Crippen molar-refractivity contribution in [2.24, 2.45) is 0 Å². The summed E-state index contributed by atoms with van der Waals surface area (Å²) in [5.41, 5.74) is 0.345. The molecule has 0 bridgehead atoms. The standard InChI is InChI=1S/C10H6FNO2S/c11-8-2-1-6(10(13)14)5-7(8)9-3-4-12-15-9/h1-5H,(H,13,14). The molecule has 3 nitrogen and oxygen atoms in total. The summed E-state index contributed by atoms with van der Waals surface area (Å²) in [4.78, 5) is 11.3. The molecule has 1 aromatic carbocycles. The topological polar surface area (TPSA) is 50.2 Å². The predicted octanol–water partition coefficient (Wildman–Crippen LogP) is 2.65. The number of halogens is 1. The Bertz CT molecular complexity index is 496. The molecule has 2 aromatic rings. The third-order valence-corrected chi connectivity index (χ3v) is 2.70. The van der Waals surface area contributed by atoms with Gasteiger partial charge in [-0.1, -0.05) is 0 Å². The largest absolute Gasteiger partial charge is 0.478 e. The van der Waals surface area contributed by atoms with E-state index in [9.17, 15) is 9.18 Å². The first-order valence-electron chi connectivity index (χ1n) is 4.12. The highest BCUT2D eigenvalue weighted by Gasteiger charge is 2.10. The normalized spacial score (nSPS) is 10.2. The summed E-state index contributed by atoms with van der Waals surface area (Å²) >= 11 is 1.13. The second-order valence-electron chi connectivity index (χ2n) is 2.88. The van der Waals surface area contributed by atoms with E-state index in [0.29, 0.717) is 4.88 Å². The van der Waals surface area contributed by atoms with Crippen LogP contribution < -0.4 is 0 Å². The molecule has 1 aromatic heterocycles. The number of carbonyl (C=O) groups is 1. The number of carboxylic acids is 1. The van der Waals surface area contributed by atoms with Crippen LogP contribution in [0.4, 0.5) is 4.39 Å². The molecule has 0 atom stereocenters. The molecule has 0 saturated carbocycles. The Kier molecular flexibility index (Phi) is 2.47. The van der Waals surface area contributed by atoms with Gasteiger partial charge in [0.1, 0.15) is 5.82 Å². The molecule has 1 N–H and O–H groups in total. The summed E-state index contributed by atoms with van der Waals surface area (Å²) in [6, 6.07) is 5.35. The Labute approximate surface area is 89.0 Å². The van der Waals surface area contributed by atoms with E-state index in [4.69, 9.17) is 5.11 Å². The fourth-order valence-corrected chi connectivity index (χ4v) is 1.81. The smallest absolute Gasteiger partial charge is 0.335 e. The molecule has 0 fully saturated rings. The van der Waals surface area contributed by atoms with Gasteiger partial charge in [0.25, 0.3) is 0 Å². The molecular formula is C10H6FNO2S. The van der Waals surface area contributed by atoms with E-state index in [0.717, 1.165) is 17.6 Å². The first-order valence-corrected chi connectivity index (χ1v) is 4.90. The van der Waals surface area contributed by atoms with Crippen LogP contribution in [0.3, 0.4) is 0 Å². The lowest BCUT2D eigenvalue weighted by molar-refractivity contribution is 0.0697. The highest BCUT2D eigenvalue weighted by molar-refractivity contribution is 7.09. The average Bonchev–Trinajstić information content (AvgIpc) is 2.71. The Balaban J connectivity index is 2.55. The molecule has 0 amide bonds. The van der Waals surface area contributed by atoms with E-state index in [1.54, 1.807) is 12.3 Å². The van der Waals surface area contributed by atoms with Gasteiger partial charge in [-0.25, -0.2) is 13.6 Å². The number of aromatic nitrogens is 1. The van der Waals surface area contributed by atoms with Crippen LogP contribution in [-0.2, 0) is 0 Å². The second-order valence-corrected chi connectivity index (χ2v) is 3.71. The fraction of sp³-hybridized carbons (Fsp3) is 0. The Morgan fingerprint density at radius 1 is 1.40 bits per heavy atom. The van der Waals surface area contributed by atoms with Gasteiger partial charge in [-0.2, -0.15) is 0 Å². The molecule has 15 heavy (non-hydrogen) atoms. The van der Waals surface area contributed by atoms with Gasteiger partial charge in [0.05, 0.1) is 10.4 Å². The van der Waals surface area contributed by atoms with Crippen LogP contribution in [0, 0.1) is 5.82 Å². The van der Waals surface area contributed by atoms with Crippen LogP contribution in [0.15, 0.2) is 30.5 Å². The molecule has 0 saturated heterocycles. The summed E-state index contributed by atoms with van der Waals surface area (Å²) in [7, 11) is 0. The van der Waals surface area contributed by atoms with Crippen molar-refractivity contribution in [3.05, 3.63) is 41.8 Å². The third-order valence-electron chi connectivity index (χ3n) is 1.92. The number of hydrogen-bond donors (Lipinski definition) is 1. The van der Waals surface area contributed by atoms with E-state index in [-0.39, 0.29) is 11.1 Å². The van der Waals surface area contributed by atoms with Crippen LogP contribution in [-0.4, -0.2) is 15.4 Å². The summed E-state index contributed by atoms with van der Waals surface area (Å²) < 4.78 is 17.2. The lowest BCUT2D eigenvalue weighted by Crippen LogP contribution is -1.97. The van der Waals surface area contributed by atoms with Crippen molar-refractivity contribution in [2.45, 2.75) is 0 Å². The minimum Gasteiger partial charge on any atom is -0.478 e. The maximum atomic E-state index is 13.4. The lowest BCUT2D eigenvalue weighted by Gasteiger charge is -2.00. The van der Waals surface area contributed by atoms with Crippen molar-refractivity contribution in [2.75, 3.05) is 0 Å². The van der Waals surface area contributed by atoms with E-state index < -0.39 is 11.8 Å². The molecule has 0 aliphatic carbocycles. The van der Waals surface area contributed by atoms with Crippen molar-refractivity contribution in [3.63, 3.8) is 0 Å². The molecule has 0 radical (unpaired) electrons. The highest BCUT2D eigenvalue weighted by Crippen LogP contribution is 2.26. The maximum Gasteiger partial charge on any atom is 0.335 e. The summed E-state index contributed by atoms with van der Waals surface area (Å²) in [5.74, 6) is -1.51. The first kappa shape index (κ1) is 9.79. The number of aromatic carboxylic acids is 1. The number of carboxylic acid groups (broad SMARTS) is 1. The monoisotopic (exact) mass is 223 g/mol. The van der Waals surface area contributed by atoms with Gasteiger partial charge in [-0.05, 0) is 35.8 Å². The molecule has 0 unspecified atom stereocenters. The Morgan fingerprint density at radius 3 is 2.80 bits per heavy atom. The van der Waals surface area contributed by atoms with Gasteiger partial charge >= 0.3 is 5.97 Å². The lowest BCUT2D eigenvalue weighted by atomic mass is 10.1. The number of nitrogens with zero attached hydrogens (tertiary/aromatic N) is 1. The van der Waals surface area contributed by atoms with Crippen LogP contribution in [0.2, 0.25) is 0 Å². The molecule has 5 heteroatoms. The van der Waals surface area contributed by atoms with Gasteiger partial charge in [0.2, 0.25) is 0 Å². The maximum absolute atomic E-state index is 13.4. The molecule has 76 valence electrons. The SMILES string of the molecule is O=C(O)c1ccc(F)c(-c2ccns2)c1. The van der Waals surface area contributed by atoms with E-state index in [1.165, 1.54) is 12.1 Å². The molecule has 0 spiro atoms. The third kappa shape index (κ3) is 1.87. The first-order chi connectivity index (χ1) is 7.18. The molecule has 2 rings (SSSR count). The summed E-state index contributed by atoms with van der Waals surface area (Å²) in [5, 5.41) is 8.76. The van der Waals surface area contributed by atoms with E-state index in [1.807, 2.05) is 0 Å². The number of rotatable bonds is 2.